The molecule has 16 heteroatoms. The van der Waals surface area contributed by atoms with Crippen molar-refractivity contribution in [3.8, 4) is 0 Å². The molecule has 2 unspecified atom stereocenters. The maximum atomic E-state index is 11.8. The number of amides is 5. The van der Waals surface area contributed by atoms with Crippen molar-refractivity contribution in [1.82, 2.24) is 20.6 Å². The van der Waals surface area contributed by atoms with E-state index in [0.717, 1.165) is 0 Å². The summed E-state index contributed by atoms with van der Waals surface area (Å²) < 4.78 is 67.7. The van der Waals surface area contributed by atoms with Crippen LogP contribution in [0.2, 0.25) is 0 Å². The molecule has 0 aromatic heterocycles. The maximum Gasteiger partial charge on any atom is 0.433 e. The fourth-order valence-corrected chi connectivity index (χ4v) is 5.37. The lowest BCUT2D eigenvalue weighted by Gasteiger charge is -2.39. The molecule has 13 nitrogen and oxygen atoms in total. The molecule has 0 bridgehead atoms. The molecule has 2 heterocycles. The van der Waals surface area contributed by atoms with Crippen LogP contribution in [0.15, 0.2) is 0 Å². The van der Waals surface area contributed by atoms with Crippen LogP contribution < -0.4 is 16.0 Å². The van der Waals surface area contributed by atoms with Crippen LogP contribution in [0, 0.1) is 0 Å². The number of hydrogen-bond acceptors (Lipinski definition) is 9. The molecule has 3 N–H and O–H groups in total. The summed E-state index contributed by atoms with van der Waals surface area (Å²) >= 11 is 0. The SMILES string of the molecule is O=C1NC2(P(=O)=O)C(=O)NC(=O)N(P(=O)=O)C2(P(=O)=O)N1. The van der Waals surface area contributed by atoms with Gasteiger partial charge < -0.3 is 5.32 Å². The lowest BCUT2D eigenvalue weighted by molar-refractivity contribution is -0.126. The van der Waals surface area contributed by atoms with Crippen LogP contribution in [-0.4, -0.2) is 33.3 Å². The summed E-state index contributed by atoms with van der Waals surface area (Å²) in [5.41, 5.74) is 0. The molecule has 21 heavy (non-hydrogen) atoms. The zero-order chi connectivity index (χ0) is 16.2. The Kier molecular flexibility index (Phi) is 3.25. The number of carbonyl (C=O) groups is 3. The molecule has 5 amide bonds. The number of urea groups is 2. The number of hydrogen-bond donors (Lipinski definition) is 3. The van der Waals surface area contributed by atoms with Crippen molar-refractivity contribution in [2.24, 2.45) is 0 Å². The number of nitrogens with zero attached hydrogens (tertiary/aromatic N) is 1. The van der Waals surface area contributed by atoms with E-state index in [1.807, 2.05) is 0 Å². The van der Waals surface area contributed by atoms with Gasteiger partial charge in [0.1, 0.15) is 0 Å². The van der Waals surface area contributed by atoms with E-state index in [-0.39, 0.29) is 0 Å². The average molecular weight is 356 g/mol. The molecule has 2 saturated heterocycles. The molecular formula is C5H3N4O9P3. The first-order valence-electron chi connectivity index (χ1n) is 4.80. The minimum atomic E-state index is -4.13. The van der Waals surface area contributed by atoms with Crippen LogP contribution in [-0.2, 0) is 32.2 Å². The van der Waals surface area contributed by atoms with Crippen molar-refractivity contribution >= 4 is 41.2 Å². The van der Waals surface area contributed by atoms with E-state index < -0.39 is 56.5 Å². The van der Waals surface area contributed by atoms with E-state index in [0.29, 0.717) is 0 Å². The number of fused-ring (bicyclic) bond motifs is 1. The van der Waals surface area contributed by atoms with Crippen LogP contribution in [0.5, 0.6) is 0 Å². The van der Waals surface area contributed by atoms with Gasteiger partial charge in [0, 0.05) is 0 Å². The Morgan fingerprint density at radius 1 is 0.857 bits per heavy atom. The van der Waals surface area contributed by atoms with Crippen LogP contribution >= 0.6 is 23.2 Å². The molecule has 112 valence electrons. The number of carbonyl (C=O) groups excluding carboxylic acids is 3. The summed E-state index contributed by atoms with van der Waals surface area (Å²) in [5, 5.41) is -2.11. The summed E-state index contributed by atoms with van der Waals surface area (Å²) in [4.78, 5) is 34.7. The summed E-state index contributed by atoms with van der Waals surface area (Å²) in [6.07, 6.45) is 0. The van der Waals surface area contributed by atoms with Gasteiger partial charge in [-0.3, -0.25) is 15.4 Å². The van der Waals surface area contributed by atoms with E-state index >= 15 is 0 Å². The van der Waals surface area contributed by atoms with Crippen LogP contribution in [0.3, 0.4) is 0 Å². The molecule has 2 aliphatic rings. The van der Waals surface area contributed by atoms with Gasteiger partial charge in [-0.25, -0.2) is 37.0 Å². The Morgan fingerprint density at radius 3 is 1.86 bits per heavy atom. The predicted molar refractivity (Wildman–Crippen MR) is 57.4 cm³/mol. The van der Waals surface area contributed by atoms with Gasteiger partial charge in [-0.2, -0.15) is 4.67 Å². The highest BCUT2D eigenvalue weighted by Crippen LogP contribution is 2.55. The third-order valence-corrected chi connectivity index (χ3v) is 6.34. The van der Waals surface area contributed by atoms with Gasteiger partial charge in [-0.05, 0) is 0 Å². The highest BCUT2D eigenvalue weighted by Gasteiger charge is 2.79. The van der Waals surface area contributed by atoms with Crippen molar-refractivity contribution < 1.29 is 41.8 Å². The fourth-order valence-electron chi connectivity index (χ4n) is 2.04. The zero-order valence-electron chi connectivity index (χ0n) is 9.46. The molecule has 0 aromatic carbocycles. The van der Waals surface area contributed by atoms with Crippen LogP contribution in [0.4, 0.5) is 9.59 Å². The maximum absolute atomic E-state index is 11.8. The molecular weight excluding hydrogens is 353 g/mol. The Bertz CT molecular complexity index is 771. The van der Waals surface area contributed by atoms with Gasteiger partial charge in [0.2, 0.25) is 0 Å². The van der Waals surface area contributed by atoms with Crippen molar-refractivity contribution in [2.45, 2.75) is 10.7 Å². The average Bonchev–Trinajstić information content (AvgIpc) is 2.64. The monoisotopic (exact) mass is 356 g/mol. The third kappa shape index (κ3) is 1.62. The van der Waals surface area contributed by atoms with Gasteiger partial charge in [-0.15, -0.1) is 0 Å². The highest BCUT2D eigenvalue weighted by molar-refractivity contribution is 7.41. The molecule has 0 saturated carbocycles. The number of nitrogens with one attached hydrogen (secondary N) is 3. The third-order valence-electron chi connectivity index (χ3n) is 2.84. The molecule has 0 aliphatic carbocycles. The highest BCUT2D eigenvalue weighted by atomic mass is 31.1. The minimum absolute atomic E-state index is 0.446. The van der Waals surface area contributed by atoms with Crippen molar-refractivity contribution in [2.75, 3.05) is 0 Å². The quantitative estimate of drug-likeness (QED) is 0.566. The Balaban J connectivity index is 2.97. The Labute approximate surface area is 115 Å². The standard InChI is InChI=1S/C5H3N4O9P3/c10-1-4(19(13)14)5(20(15)16,8-2(11)7-4)9(21(17)18)3(12)6-1/h(H,6,10,12)(H2,7,8,11). The molecule has 2 atom stereocenters. The van der Waals surface area contributed by atoms with Crippen molar-refractivity contribution in [3.63, 3.8) is 0 Å². The Morgan fingerprint density at radius 2 is 1.43 bits per heavy atom. The molecule has 2 aliphatic heterocycles. The summed E-state index contributed by atoms with van der Waals surface area (Å²) in [6.45, 7) is 0. The van der Waals surface area contributed by atoms with Crippen molar-refractivity contribution in [1.29, 1.82) is 0 Å². The molecule has 0 radical (unpaired) electrons. The van der Waals surface area contributed by atoms with Crippen LogP contribution in [0.25, 0.3) is 0 Å². The summed E-state index contributed by atoms with van der Waals surface area (Å²) in [7, 11) is -12.2. The Hall–Kier alpha value is -2.09. The minimum Gasteiger partial charge on any atom is -0.307 e. The zero-order valence-corrected chi connectivity index (χ0v) is 12.1. The normalized spacial score (nSPS) is 30.9. The van der Waals surface area contributed by atoms with E-state index in [4.69, 9.17) is 0 Å². The molecule has 0 aromatic rings. The van der Waals surface area contributed by atoms with E-state index in [9.17, 15) is 41.8 Å². The molecule has 2 rings (SSSR count). The van der Waals surface area contributed by atoms with Gasteiger partial charge in [0.25, 0.3) is 16.6 Å². The lowest BCUT2D eigenvalue weighted by Crippen LogP contribution is -2.75. The fraction of sp³-hybridized carbons (Fsp3) is 0.400. The summed E-state index contributed by atoms with van der Waals surface area (Å²) in [6, 6.07) is -3.17. The smallest absolute Gasteiger partial charge is 0.307 e. The number of rotatable bonds is 3. The first-order valence-corrected chi connectivity index (χ1v) is 8.29. The molecule has 2 fully saturated rings. The van der Waals surface area contributed by atoms with Crippen molar-refractivity contribution in [3.05, 3.63) is 0 Å². The second-order valence-corrected chi connectivity index (χ2v) is 7.01. The second-order valence-electron chi connectivity index (χ2n) is 3.78. The largest absolute Gasteiger partial charge is 0.433 e. The second kappa shape index (κ2) is 4.45. The van der Waals surface area contributed by atoms with Crippen LogP contribution in [0.1, 0.15) is 0 Å². The number of imide groups is 1. The van der Waals surface area contributed by atoms with Gasteiger partial charge >= 0.3 is 35.3 Å². The van der Waals surface area contributed by atoms with E-state index in [1.54, 1.807) is 5.32 Å². The lowest BCUT2D eigenvalue weighted by atomic mass is 10.1. The van der Waals surface area contributed by atoms with Gasteiger partial charge in [-0.1, -0.05) is 0 Å². The molecule has 0 spiro atoms. The van der Waals surface area contributed by atoms with Gasteiger partial charge in [0.05, 0.1) is 0 Å². The first-order chi connectivity index (χ1) is 9.61. The topological polar surface area (TPSA) is 193 Å². The van der Waals surface area contributed by atoms with Gasteiger partial charge in [0.15, 0.2) is 0 Å². The predicted octanol–water partition coefficient (Wildman–Crippen LogP) is -0.365. The summed E-state index contributed by atoms with van der Waals surface area (Å²) in [5.74, 6) is -1.70. The van der Waals surface area contributed by atoms with E-state index in [1.165, 1.54) is 10.6 Å². The van der Waals surface area contributed by atoms with E-state index in [2.05, 4.69) is 0 Å². The first kappa shape index (κ1) is 15.3.